The number of rotatable bonds is 6. The van der Waals surface area contributed by atoms with Gasteiger partial charge in [0.05, 0.1) is 5.01 Å². The van der Waals surface area contributed by atoms with Crippen molar-refractivity contribution in [1.29, 1.82) is 0 Å². The average molecular weight is 242 g/mol. The molecule has 0 N–H and O–H groups in total. The van der Waals surface area contributed by atoms with E-state index in [1.165, 1.54) is 4.88 Å². The van der Waals surface area contributed by atoms with Crippen LogP contribution in [0.1, 0.15) is 16.8 Å². The van der Waals surface area contributed by atoms with Gasteiger partial charge >= 0.3 is 0 Å². The molecule has 1 rings (SSSR count). The van der Waals surface area contributed by atoms with Crippen LogP contribution in [0.2, 0.25) is 0 Å². The molecule has 0 spiro atoms. The second-order valence-electron chi connectivity index (χ2n) is 3.57. The van der Waals surface area contributed by atoms with E-state index in [4.69, 9.17) is 4.74 Å². The van der Waals surface area contributed by atoms with Gasteiger partial charge in [-0.25, -0.2) is 4.98 Å². The van der Waals surface area contributed by atoms with E-state index in [0.717, 1.165) is 11.4 Å². The number of aromatic nitrogens is 1. The van der Waals surface area contributed by atoms with Crippen molar-refractivity contribution in [3.8, 4) is 0 Å². The highest BCUT2D eigenvalue weighted by atomic mass is 32.1. The summed E-state index contributed by atoms with van der Waals surface area (Å²) < 4.78 is 5.07. The summed E-state index contributed by atoms with van der Waals surface area (Å²) in [5.74, 6) is 0.0233. The molecule has 1 amide bonds. The number of hydrogen-bond donors (Lipinski definition) is 0. The molecule has 0 aromatic carbocycles. The molecule has 0 bridgehead atoms. The zero-order valence-electron chi connectivity index (χ0n) is 10.0. The molecular weight excluding hydrogens is 224 g/mol. The quantitative estimate of drug-likeness (QED) is 0.759. The zero-order valence-corrected chi connectivity index (χ0v) is 10.8. The Balaban J connectivity index is 2.29. The average Bonchev–Trinajstić information content (AvgIpc) is 2.68. The molecule has 1 aromatic rings. The molecule has 0 fully saturated rings. The van der Waals surface area contributed by atoms with Crippen LogP contribution < -0.4 is 0 Å². The Kier molecular flexibility index (Phi) is 5.42. The van der Waals surface area contributed by atoms with Crippen LogP contribution in [0.15, 0.2) is 6.20 Å². The molecule has 0 aliphatic rings. The van der Waals surface area contributed by atoms with Gasteiger partial charge < -0.3 is 9.64 Å². The molecule has 0 saturated heterocycles. The predicted octanol–water partition coefficient (Wildman–Crippen LogP) is 1.49. The maximum Gasteiger partial charge on any atom is 0.248 e. The highest BCUT2D eigenvalue weighted by molar-refractivity contribution is 7.11. The molecule has 5 heteroatoms. The van der Waals surface area contributed by atoms with Crippen molar-refractivity contribution in [2.75, 3.05) is 26.8 Å². The monoisotopic (exact) mass is 242 g/mol. The van der Waals surface area contributed by atoms with Gasteiger partial charge in [0.15, 0.2) is 0 Å². The summed E-state index contributed by atoms with van der Waals surface area (Å²) in [6.07, 6.45) is 2.68. The Morgan fingerprint density at radius 2 is 2.38 bits per heavy atom. The minimum Gasteiger partial charge on any atom is -0.372 e. The Labute approximate surface area is 100 Å². The van der Waals surface area contributed by atoms with Crippen LogP contribution in [-0.2, 0) is 16.0 Å². The van der Waals surface area contributed by atoms with Gasteiger partial charge in [0, 0.05) is 37.7 Å². The number of carbonyl (C=O) groups excluding carboxylic acids is 1. The SMILES string of the molecule is CCOCC(=O)N(C)CCc1ncc(C)s1. The van der Waals surface area contributed by atoms with Crippen molar-refractivity contribution in [2.45, 2.75) is 20.3 Å². The van der Waals surface area contributed by atoms with Crippen LogP contribution in [0.25, 0.3) is 0 Å². The molecule has 16 heavy (non-hydrogen) atoms. The number of aryl methyl sites for hydroxylation is 1. The van der Waals surface area contributed by atoms with Crippen LogP contribution in [-0.4, -0.2) is 42.6 Å². The second-order valence-corrected chi connectivity index (χ2v) is 4.89. The Morgan fingerprint density at radius 3 is 2.94 bits per heavy atom. The molecular formula is C11H18N2O2S. The van der Waals surface area contributed by atoms with Gasteiger partial charge in [-0.05, 0) is 13.8 Å². The fourth-order valence-electron chi connectivity index (χ4n) is 1.20. The number of amides is 1. The molecule has 0 atom stereocenters. The van der Waals surface area contributed by atoms with E-state index in [0.29, 0.717) is 13.2 Å². The lowest BCUT2D eigenvalue weighted by Gasteiger charge is -2.15. The molecule has 0 aliphatic heterocycles. The number of carbonyl (C=O) groups is 1. The van der Waals surface area contributed by atoms with Gasteiger partial charge in [-0.2, -0.15) is 0 Å². The Hall–Kier alpha value is -0.940. The van der Waals surface area contributed by atoms with Gasteiger partial charge in [0.1, 0.15) is 6.61 Å². The first-order valence-corrected chi connectivity index (χ1v) is 6.18. The van der Waals surface area contributed by atoms with E-state index >= 15 is 0 Å². The maximum atomic E-state index is 11.5. The first-order valence-electron chi connectivity index (χ1n) is 5.36. The lowest BCUT2D eigenvalue weighted by atomic mass is 10.4. The minimum absolute atomic E-state index is 0.0233. The van der Waals surface area contributed by atoms with E-state index in [1.807, 2.05) is 20.0 Å². The summed E-state index contributed by atoms with van der Waals surface area (Å²) in [4.78, 5) is 18.7. The first kappa shape index (κ1) is 13.1. The number of nitrogens with zero attached hydrogens (tertiary/aromatic N) is 2. The van der Waals surface area contributed by atoms with E-state index in [9.17, 15) is 4.79 Å². The highest BCUT2D eigenvalue weighted by Crippen LogP contribution is 2.11. The summed E-state index contributed by atoms with van der Waals surface area (Å²) in [5.41, 5.74) is 0. The van der Waals surface area contributed by atoms with Gasteiger partial charge in [-0.3, -0.25) is 4.79 Å². The van der Waals surface area contributed by atoms with E-state index < -0.39 is 0 Å². The molecule has 90 valence electrons. The smallest absolute Gasteiger partial charge is 0.248 e. The normalized spacial score (nSPS) is 10.4. The zero-order chi connectivity index (χ0) is 12.0. The molecule has 4 nitrogen and oxygen atoms in total. The number of hydrogen-bond acceptors (Lipinski definition) is 4. The molecule has 0 saturated carbocycles. The summed E-state index contributed by atoms with van der Waals surface area (Å²) in [6.45, 7) is 5.35. The van der Waals surface area contributed by atoms with Crippen LogP contribution in [0.5, 0.6) is 0 Å². The van der Waals surface area contributed by atoms with Gasteiger partial charge in [0.25, 0.3) is 0 Å². The van der Waals surface area contributed by atoms with Crippen molar-refractivity contribution in [1.82, 2.24) is 9.88 Å². The fourth-order valence-corrected chi connectivity index (χ4v) is 1.98. The number of thiazole rings is 1. The van der Waals surface area contributed by atoms with Gasteiger partial charge in [-0.15, -0.1) is 11.3 Å². The van der Waals surface area contributed by atoms with Crippen molar-refractivity contribution < 1.29 is 9.53 Å². The number of likely N-dealkylation sites (N-methyl/N-ethyl adjacent to an activating group) is 1. The summed E-state index contributed by atoms with van der Waals surface area (Å²) in [5, 5.41) is 1.08. The number of ether oxygens (including phenoxy) is 1. The Bertz CT molecular complexity index is 338. The second kappa shape index (κ2) is 6.60. The lowest BCUT2D eigenvalue weighted by Crippen LogP contribution is -2.32. The van der Waals surface area contributed by atoms with E-state index in [1.54, 1.807) is 23.3 Å². The minimum atomic E-state index is 0.0233. The van der Waals surface area contributed by atoms with Gasteiger partial charge in [-0.1, -0.05) is 0 Å². The van der Waals surface area contributed by atoms with Crippen LogP contribution in [0, 0.1) is 6.92 Å². The standard InChI is InChI=1S/C11H18N2O2S/c1-4-15-8-11(14)13(3)6-5-10-12-7-9(2)16-10/h7H,4-6,8H2,1-3H3. The predicted molar refractivity (Wildman–Crippen MR) is 64.7 cm³/mol. The van der Waals surface area contributed by atoms with Gasteiger partial charge in [0.2, 0.25) is 5.91 Å². The third-order valence-electron chi connectivity index (χ3n) is 2.19. The van der Waals surface area contributed by atoms with E-state index in [2.05, 4.69) is 4.98 Å². The molecule has 1 aromatic heterocycles. The highest BCUT2D eigenvalue weighted by Gasteiger charge is 2.09. The lowest BCUT2D eigenvalue weighted by molar-refractivity contribution is -0.134. The van der Waals surface area contributed by atoms with Crippen molar-refractivity contribution in [3.63, 3.8) is 0 Å². The third kappa shape index (κ3) is 4.28. The van der Waals surface area contributed by atoms with Crippen LogP contribution in [0.4, 0.5) is 0 Å². The summed E-state index contributed by atoms with van der Waals surface area (Å²) in [7, 11) is 1.79. The first-order chi connectivity index (χ1) is 7.63. The van der Waals surface area contributed by atoms with Crippen molar-refractivity contribution in [2.24, 2.45) is 0 Å². The molecule has 0 radical (unpaired) electrons. The van der Waals surface area contributed by atoms with Crippen molar-refractivity contribution in [3.05, 3.63) is 16.1 Å². The maximum absolute atomic E-state index is 11.5. The largest absolute Gasteiger partial charge is 0.372 e. The van der Waals surface area contributed by atoms with Crippen LogP contribution >= 0.6 is 11.3 Å². The Morgan fingerprint density at radius 1 is 1.62 bits per heavy atom. The summed E-state index contributed by atoms with van der Waals surface area (Å²) in [6, 6.07) is 0. The van der Waals surface area contributed by atoms with Crippen molar-refractivity contribution >= 4 is 17.2 Å². The van der Waals surface area contributed by atoms with E-state index in [-0.39, 0.29) is 12.5 Å². The molecule has 0 unspecified atom stereocenters. The molecule has 1 heterocycles. The fraction of sp³-hybridized carbons (Fsp3) is 0.636. The summed E-state index contributed by atoms with van der Waals surface area (Å²) >= 11 is 1.68. The van der Waals surface area contributed by atoms with Crippen LogP contribution in [0.3, 0.4) is 0 Å². The topological polar surface area (TPSA) is 42.4 Å². The molecule has 0 aliphatic carbocycles. The third-order valence-corrected chi connectivity index (χ3v) is 3.16.